The van der Waals surface area contributed by atoms with Gasteiger partial charge in [-0.1, -0.05) is 19.9 Å². The summed E-state index contributed by atoms with van der Waals surface area (Å²) in [7, 11) is 0. The Balaban J connectivity index is 2.42. The third-order valence-electron chi connectivity index (χ3n) is 2.32. The van der Waals surface area contributed by atoms with Crippen LogP contribution in [0.3, 0.4) is 0 Å². The van der Waals surface area contributed by atoms with Gasteiger partial charge < -0.3 is 0 Å². The second-order valence-electron chi connectivity index (χ2n) is 3.51. The fourth-order valence-corrected chi connectivity index (χ4v) is 2.53. The number of thioether (sulfide) groups is 1. The average Bonchev–Trinajstić information content (AvgIpc) is 2.09. The third-order valence-corrected chi connectivity index (χ3v) is 3.38. The van der Waals surface area contributed by atoms with Gasteiger partial charge in [-0.15, -0.1) is 0 Å². The molecule has 0 spiro atoms. The molecule has 0 aromatic rings. The van der Waals surface area contributed by atoms with Gasteiger partial charge in [-0.3, -0.25) is 4.79 Å². The Kier molecular flexibility index (Phi) is 4.57. The van der Waals surface area contributed by atoms with Crippen LogP contribution in [0.5, 0.6) is 0 Å². The SMILES string of the molecule is CCSC(C)CC1=CCCCC1=O. The van der Waals surface area contributed by atoms with Gasteiger partial charge in [0.1, 0.15) is 0 Å². The van der Waals surface area contributed by atoms with E-state index >= 15 is 0 Å². The van der Waals surface area contributed by atoms with Crippen molar-refractivity contribution < 1.29 is 4.79 Å². The van der Waals surface area contributed by atoms with Crippen molar-refractivity contribution in [2.75, 3.05) is 5.75 Å². The maximum Gasteiger partial charge on any atom is 0.158 e. The first kappa shape index (κ1) is 10.8. The fraction of sp³-hybridized carbons (Fsp3) is 0.727. The number of hydrogen-bond acceptors (Lipinski definition) is 2. The predicted octanol–water partition coefficient (Wildman–Crippen LogP) is 3.20. The lowest BCUT2D eigenvalue weighted by Gasteiger charge is -2.15. The summed E-state index contributed by atoms with van der Waals surface area (Å²) >= 11 is 1.93. The standard InChI is InChI=1S/C11H18OS/c1-3-13-9(2)8-10-6-4-5-7-11(10)12/h6,9H,3-5,7-8H2,1-2H3. The van der Waals surface area contributed by atoms with Gasteiger partial charge in [-0.25, -0.2) is 0 Å². The van der Waals surface area contributed by atoms with Crippen molar-refractivity contribution in [3.05, 3.63) is 11.6 Å². The zero-order valence-corrected chi connectivity index (χ0v) is 9.32. The van der Waals surface area contributed by atoms with Gasteiger partial charge >= 0.3 is 0 Å². The van der Waals surface area contributed by atoms with Crippen LogP contribution in [0.2, 0.25) is 0 Å². The van der Waals surface area contributed by atoms with Crippen molar-refractivity contribution in [3.8, 4) is 0 Å². The van der Waals surface area contributed by atoms with Gasteiger partial charge in [0, 0.05) is 11.7 Å². The van der Waals surface area contributed by atoms with E-state index in [4.69, 9.17) is 0 Å². The van der Waals surface area contributed by atoms with Crippen molar-refractivity contribution in [2.24, 2.45) is 0 Å². The lowest BCUT2D eigenvalue weighted by atomic mass is 9.95. The van der Waals surface area contributed by atoms with Gasteiger partial charge in [-0.2, -0.15) is 11.8 Å². The molecule has 1 nitrogen and oxygen atoms in total. The van der Waals surface area contributed by atoms with E-state index in [0.717, 1.165) is 37.0 Å². The van der Waals surface area contributed by atoms with Crippen LogP contribution in [-0.4, -0.2) is 16.8 Å². The number of ketones is 1. The monoisotopic (exact) mass is 198 g/mol. The maximum absolute atomic E-state index is 11.5. The summed E-state index contributed by atoms with van der Waals surface area (Å²) in [6, 6.07) is 0. The molecule has 13 heavy (non-hydrogen) atoms. The van der Waals surface area contributed by atoms with Crippen LogP contribution in [0.4, 0.5) is 0 Å². The van der Waals surface area contributed by atoms with Crippen LogP contribution in [0.25, 0.3) is 0 Å². The van der Waals surface area contributed by atoms with Gasteiger partial charge in [0.05, 0.1) is 0 Å². The first-order valence-corrected chi connectivity index (χ1v) is 6.12. The predicted molar refractivity (Wildman–Crippen MR) is 59.2 cm³/mol. The molecule has 74 valence electrons. The highest BCUT2D eigenvalue weighted by Gasteiger charge is 2.15. The molecule has 0 bridgehead atoms. The molecule has 1 aliphatic carbocycles. The van der Waals surface area contributed by atoms with Crippen molar-refractivity contribution in [3.63, 3.8) is 0 Å². The van der Waals surface area contributed by atoms with Crippen LogP contribution >= 0.6 is 11.8 Å². The minimum atomic E-state index is 0.384. The van der Waals surface area contributed by atoms with Crippen LogP contribution in [0.1, 0.15) is 39.5 Å². The molecule has 0 aromatic carbocycles. The van der Waals surface area contributed by atoms with Crippen LogP contribution < -0.4 is 0 Å². The number of Topliss-reactive ketones (excluding diaryl/α,β-unsaturated/α-hetero) is 1. The molecule has 1 unspecified atom stereocenters. The van der Waals surface area contributed by atoms with Gasteiger partial charge in [0.25, 0.3) is 0 Å². The van der Waals surface area contributed by atoms with E-state index in [2.05, 4.69) is 19.9 Å². The minimum absolute atomic E-state index is 0.384. The van der Waals surface area contributed by atoms with Gasteiger partial charge in [0.15, 0.2) is 5.78 Å². The summed E-state index contributed by atoms with van der Waals surface area (Å²) in [5.41, 5.74) is 1.08. The highest BCUT2D eigenvalue weighted by atomic mass is 32.2. The van der Waals surface area contributed by atoms with Gasteiger partial charge in [0.2, 0.25) is 0 Å². The molecule has 0 fully saturated rings. The molecular weight excluding hydrogens is 180 g/mol. The molecular formula is C11H18OS. The molecule has 0 aromatic heterocycles. The first-order valence-electron chi connectivity index (χ1n) is 5.08. The molecule has 0 saturated carbocycles. The summed E-state index contributed by atoms with van der Waals surface area (Å²) in [6.45, 7) is 4.37. The fourth-order valence-electron chi connectivity index (χ4n) is 1.66. The quantitative estimate of drug-likeness (QED) is 0.690. The number of carbonyl (C=O) groups excluding carboxylic acids is 1. The van der Waals surface area contributed by atoms with Crippen molar-refractivity contribution in [1.82, 2.24) is 0 Å². The largest absolute Gasteiger partial charge is 0.295 e. The van der Waals surface area contributed by atoms with E-state index in [-0.39, 0.29) is 0 Å². The third kappa shape index (κ3) is 3.55. The molecule has 1 rings (SSSR count). The Morgan fingerprint density at radius 3 is 3.00 bits per heavy atom. The zero-order valence-electron chi connectivity index (χ0n) is 8.51. The zero-order chi connectivity index (χ0) is 9.68. The second kappa shape index (κ2) is 5.48. The summed E-state index contributed by atoms with van der Waals surface area (Å²) in [5.74, 6) is 1.53. The summed E-state index contributed by atoms with van der Waals surface area (Å²) in [6.07, 6.45) is 6.04. The van der Waals surface area contributed by atoms with Crippen LogP contribution in [-0.2, 0) is 4.79 Å². The van der Waals surface area contributed by atoms with Crippen LogP contribution in [0.15, 0.2) is 11.6 Å². The lowest BCUT2D eigenvalue weighted by Crippen LogP contribution is -2.11. The Labute approximate surface area is 85.0 Å². The summed E-state index contributed by atoms with van der Waals surface area (Å²) in [5, 5.41) is 0.596. The molecule has 0 aliphatic heterocycles. The number of rotatable bonds is 4. The normalized spacial score (nSPS) is 19.8. The molecule has 1 atom stereocenters. The molecule has 0 radical (unpaired) electrons. The molecule has 0 heterocycles. The van der Waals surface area contributed by atoms with E-state index in [1.165, 1.54) is 0 Å². The minimum Gasteiger partial charge on any atom is -0.295 e. The number of hydrogen-bond donors (Lipinski definition) is 0. The molecule has 0 saturated heterocycles. The molecule has 1 aliphatic rings. The smallest absolute Gasteiger partial charge is 0.158 e. The summed E-state index contributed by atoms with van der Waals surface area (Å²) in [4.78, 5) is 11.5. The van der Waals surface area contributed by atoms with Crippen molar-refractivity contribution in [1.29, 1.82) is 0 Å². The molecule has 0 N–H and O–H groups in total. The van der Waals surface area contributed by atoms with Crippen molar-refractivity contribution in [2.45, 2.75) is 44.8 Å². The first-order chi connectivity index (χ1) is 6.24. The van der Waals surface area contributed by atoms with E-state index in [1.807, 2.05) is 11.8 Å². The lowest BCUT2D eigenvalue weighted by molar-refractivity contribution is -0.116. The topological polar surface area (TPSA) is 17.1 Å². The molecule has 0 amide bonds. The van der Waals surface area contributed by atoms with Crippen molar-refractivity contribution >= 4 is 17.5 Å². The Morgan fingerprint density at radius 1 is 1.62 bits per heavy atom. The number of allylic oxidation sites excluding steroid dienone is 2. The Morgan fingerprint density at radius 2 is 2.38 bits per heavy atom. The Hall–Kier alpha value is -0.240. The highest BCUT2D eigenvalue weighted by Crippen LogP contribution is 2.23. The molecule has 2 heteroatoms. The Bertz CT molecular complexity index is 208. The highest BCUT2D eigenvalue weighted by molar-refractivity contribution is 7.99. The van der Waals surface area contributed by atoms with Crippen LogP contribution in [0, 0.1) is 0 Å². The van der Waals surface area contributed by atoms with E-state index in [1.54, 1.807) is 0 Å². The van der Waals surface area contributed by atoms with E-state index in [9.17, 15) is 4.79 Å². The second-order valence-corrected chi connectivity index (χ2v) is 5.23. The maximum atomic E-state index is 11.5. The van der Waals surface area contributed by atoms with E-state index < -0.39 is 0 Å². The average molecular weight is 198 g/mol. The van der Waals surface area contributed by atoms with E-state index in [0.29, 0.717) is 11.0 Å². The van der Waals surface area contributed by atoms with Gasteiger partial charge in [-0.05, 0) is 30.6 Å². The number of carbonyl (C=O) groups is 1. The summed E-state index contributed by atoms with van der Waals surface area (Å²) < 4.78 is 0.